The van der Waals surface area contributed by atoms with Crippen molar-refractivity contribution in [2.75, 3.05) is 11.4 Å². The lowest BCUT2D eigenvalue weighted by Crippen LogP contribution is -2.32. The highest BCUT2D eigenvalue weighted by atomic mass is 32.2. The van der Waals surface area contributed by atoms with Crippen molar-refractivity contribution >= 4 is 21.7 Å². The number of hydrogen-bond donors (Lipinski definition) is 1. The average molecular weight is 269 g/mol. The molecule has 0 aliphatic heterocycles. The predicted octanol–water partition coefficient (Wildman–Crippen LogP) is 1.86. The average Bonchev–Trinajstić information content (AvgIpc) is 2.29. The first kappa shape index (κ1) is 14.4. The van der Waals surface area contributed by atoms with Crippen LogP contribution in [0.4, 0.5) is 5.69 Å². The second-order valence-electron chi connectivity index (χ2n) is 3.77. The Morgan fingerprint density at radius 2 is 1.94 bits per heavy atom. The molecule has 0 saturated carbocycles. The van der Waals surface area contributed by atoms with E-state index in [4.69, 9.17) is 4.55 Å². The summed E-state index contributed by atoms with van der Waals surface area (Å²) in [5, 5.41) is 0. The van der Waals surface area contributed by atoms with E-state index in [1.165, 1.54) is 23.1 Å². The van der Waals surface area contributed by atoms with Gasteiger partial charge in [-0.1, -0.05) is 18.7 Å². The number of carbonyl (C=O) groups excluding carboxylic acids is 1. The van der Waals surface area contributed by atoms with Crippen LogP contribution in [0.2, 0.25) is 0 Å². The van der Waals surface area contributed by atoms with E-state index in [2.05, 4.69) is 6.58 Å². The Balaban J connectivity index is 3.40. The van der Waals surface area contributed by atoms with Gasteiger partial charge in [0.15, 0.2) is 0 Å². The lowest BCUT2D eigenvalue weighted by atomic mass is 10.2. The predicted molar refractivity (Wildman–Crippen MR) is 69.1 cm³/mol. The van der Waals surface area contributed by atoms with E-state index < -0.39 is 10.1 Å². The first-order chi connectivity index (χ1) is 8.29. The van der Waals surface area contributed by atoms with Gasteiger partial charge < -0.3 is 4.90 Å². The van der Waals surface area contributed by atoms with Crippen molar-refractivity contribution in [1.82, 2.24) is 0 Å². The molecule has 0 fully saturated rings. The molecule has 0 aliphatic rings. The van der Waals surface area contributed by atoms with Crippen LogP contribution in [0.1, 0.15) is 13.8 Å². The Morgan fingerprint density at radius 1 is 1.39 bits per heavy atom. The maximum Gasteiger partial charge on any atom is 0.296 e. The second kappa shape index (κ2) is 5.32. The van der Waals surface area contributed by atoms with Gasteiger partial charge in [-0.05, 0) is 26.0 Å². The van der Waals surface area contributed by atoms with Gasteiger partial charge >= 0.3 is 0 Å². The molecule has 0 saturated heterocycles. The maximum absolute atomic E-state index is 11.9. The van der Waals surface area contributed by atoms with Gasteiger partial charge in [0.1, 0.15) is 4.90 Å². The van der Waals surface area contributed by atoms with Gasteiger partial charge in [0.05, 0.1) is 5.69 Å². The summed E-state index contributed by atoms with van der Waals surface area (Å²) in [5.41, 5.74) is 0.442. The summed E-state index contributed by atoms with van der Waals surface area (Å²) in [6, 6.07) is 5.79. The monoisotopic (exact) mass is 269 g/mol. The van der Waals surface area contributed by atoms with Crippen molar-refractivity contribution in [3.8, 4) is 0 Å². The molecule has 0 radical (unpaired) electrons. The largest absolute Gasteiger partial charge is 0.308 e. The molecule has 6 heteroatoms. The molecule has 0 atom stereocenters. The van der Waals surface area contributed by atoms with Crippen molar-refractivity contribution < 1.29 is 17.8 Å². The number of amides is 1. The van der Waals surface area contributed by atoms with Gasteiger partial charge in [0, 0.05) is 12.1 Å². The van der Waals surface area contributed by atoms with E-state index in [0.29, 0.717) is 5.57 Å². The van der Waals surface area contributed by atoms with Gasteiger partial charge in [-0.25, -0.2) is 0 Å². The molecule has 0 unspecified atom stereocenters. The molecule has 0 aromatic heterocycles. The third-order valence-electron chi connectivity index (χ3n) is 2.36. The normalized spacial score (nSPS) is 11.1. The van der Waals surface area contributed by atoms with Crippen LogP contribution in [-0.4, -0.2) is 25.4 Å². The Kier molecular flexibility index (Phi) is 4.26. The molecule has 0 aliphatic carbocycles. The van der Waals surface area contributed by atoms with Crippen molar-refractivity contribution in [2.45, 2.75) is 18.7 Å². The first-order valence-electron chi connectivity index (χ1n) is 5.33. The van der Waals surface area contributed by atoms with Crippen LogP contribution in [0.5, 0.6) is 0 Å². The van der Waals surface area contributed by atoms with E-state index in [0.717, 1.165) is 0 Å². The van der Waals surface area contributed by atoms with Crippen LogP contribution in [0, 0.1) is 0 Å². The van der Waals surface area contributed by atoms with E-state index in [9.17, 15) is 13.2 Å². The third kappa shape index (κ3) is 2.96. The summed E-state index contributed by atoms with van der Waals surface area (Å²) in [6.07, 6.45) is 0. The molecule has 0 spiro atoms. The molecule has 1 aromatic carbocycles. The van der Waals surface area contributed by atoms with E-state index >= 15 is 0 Å². The van der Waals surface area contributed by atoms with Gasteiger partial charge in [-0.3, -0.25) is 9.35 Å². The summed E-state index contributed by atoms with van der Waals surface area (Å²) in [6.45, 7) is 7.07. The van der Waals surface area contributed by atoms with Gasteiger partial charge in [0.2, 0.25) is 0 Å². The summed E-state index contributed by atoms with van der Waals surface area (Å²) >= 11 is 0. The molecule has 1 N–H and O–H groups in total. The summed E-state index contributed by atoms with van der Waals surface area (Å²) < 4.78 is 31.7. The Labute approximate surface area is 106 Å². The van der Waals surface area contributed by atoms with Crippen LogP contribution >= 0.6 is 0 Å². The SMILES string of the molecule is C=C(C)C(=O)N(CC)c1ccccc1S(=O)(=O)O. The molecule has 1 rings (SSSR count). The number of rotatable bonds is 4. The van der Waals surface area contributed by atoms with Gasteiger partial charge in [-0.15, -0.1) is 0 Å². The second-order valence-corrected chi connectivity index (χ2v) is 5.16. The molecular weight excluding hydrogens is 254 g/mol. The topological polar surface area (TPSA) is 74.7 Å². The molecule has 5 nitrogen and oxygen atoms in total. The molecule has 0 bridgehead atoms. The lowest BCUT2D eigenvalue weighted by Gasteiger charge is -2.22. The standard InChI is InChI=1S/C12H15NO4S/c1-4-13(12(14)9(2)3)10-7-5-6-8-11(10)18(15,16)17/h5-8H,2,4H2,1,3H3,(H,15,16,17). The smallest absolute Gasteiger partial charge is 0.296 e. The van der Waals surface area contributed by atoms with Crippen molar-refractivity contribution in [3.63, 3.8) is 0 Å². The first-order valence-corrected chi connectivity index (χ1v) is 6.77. The Morgan fingerprint density at radius 3 is 2.39 bits per heavy atom. The Hall–Kier alpha value is -1.66. The van der Waals surface area contributed by atoms with E-state index in [1.54, 1.807) is 19.9 Å². The zero-order chi connectivity index (χ0) is 13.9. The van der Waals surface area contributed by atoms with Crippen molar-refractivity contribution in [2.24, 2.45) is 0 Å². The molecule has 0 heterocycles. The number of carbonyl (C=O) groups is 1. The minimum atomic E-state index is -4.37. The van der Waals surface area contributed by atoms with E-state index in [1.807, 2.05) is 0 Å². The highest BCUT2D eigenvalue weighted by Crippen LogP contribution is 2.25. The Bertz CT molecular complexity index is 577. The number of anilines is 1. The van der Waals surface area contributed by atoms with Crippen LogP contribution in [0.25, 0.3) is 0 Å². The number of likely N-dealkylation sites (N-methyl/N-ethyl adjacent to an activating group) is 1. The molecular formula is C12H15NO4S. The van der Waals surface area contributed by atoms with Crippen LogP contribution in [-0.2, 0) is 14.9 Å². The summed E-state index contributed by atoms with van der Waals surface area (Å²) in [4.78, 5) is 12.9. The zero-order valence-electron chi connectivity index (χ0n) is 10.3. The van der Waals surface area contributed by atoms with Crippen molar-refractivity contribution in [1.29, 1.82) is 0 Å². The number of nitrogens with zero attached hydrogens (tertiary/aromatic N) is 1. The van der Waals surface area contributed by atoms with Gasteiger partial charge in [0.25, 0.3) is 16.0 Å². The fourth-order valence-electron chi connectivity index (χ4n) is 1.55. The molecule has 1 aromatic rings. The molecule has 98 valence electrons. The number of hydrogen-bond acceptors (Lipinski definition) is 3. The minimum Gasteiger partial charge on any atom is -0.308 e. The highest BCUT2D eigenvalue weighted by molar-refractivity contribution is 7.86. The van der Waals surface area contributed by atoms with E-state index in [-0.39, 0.29) is 23.0 Å². The van der Waals surface area contributed by atoms with Crippen LogP contribution < -0.4 is 4.90 Å². The minimum absolute atomic E-state index is 0.149. The van der Waals surface area contributed by atoms with Crippen LogP contribution in [0.3, 0.4) is 0 Å². The fourth-order valence-corrected chi connectivity index (χ4v) is 2.25. The summed E-state index contributed by atoms with van der Waals surface area (Å²) in [7, 11) is -4.37. The number of para-hydroxylation sites is 1. The zero-order valence-corrected chi connectivity index (χ0v) is 11.1. The van der Waals surface area contributed by atoms with Gasteiger partial charge in [-0.2, -0.15) is 8.42 Å². The third-order valence-corrected chi connectivity index (χ3v) is 3.26. The van der Waals surface area contributed by atoms with Crippen LogP contribution in [0.15, 0.2) is 41.3 Å². The quantitative estimate of drug-likeness (QED) is 0.668. The molecule has 18 heavy (non-hydrogen) atoms. The van der Waals surface area contributed by atoms with Crippen molar-refractivity contribution in [3.05, 3.63) is 36.4 Å². The highest BCUT2D eigenvalue weighted by Gasteiger charge is 2.22. The molecule has 1 amide bonds. The summed E-state index contributed by atoms with van der Waals surface area (Å²) in [5.74, 6) is -0.381. The fraction of sp³-hybridized carbons (Fsp3) is 0.250. The lowest BCUT2D eigenvalue weighted by molar-refractivity contribution is -0.115. The number of benzene rings is 1. The maximum atomic E-state index is 11.9.